The molecule has 1 unspecified atom stereocenters. The minimum Gasteiger partial charge on any atom is -0.463 e. The highest BCUT2D eigenvalue weighted by molar-refractivity contribution is 9.09. The number of hydrogen-bond donors (Lipinski definition) is 0. The first-order valence-corrected chi connectivity index (χ1v) is 8.16. The third kappa shape index (κ3) is 6.05. The Morgan fingerprint density at radius 2 is 2.00 bits per heavy atom. The SMILES string of the molecule is CCCc1ccc(C(C)OCCCCCCBr)o1. The van der Waals surface area contributed by atoms with E-state index in [-0.39, 0.29) is 6.10 Å². The van der Waals surface area contributed by atoms with Crippen molar-refractivity contribution in [2.45, 2.75) is 58.5 Å². The van der Waals surface area contributed by atoms with Gasteiger partial charge in [0, 0.05) is 18.4 Å². The Hall–Kier alpha value is -0.280. The van der Waals surface area contributed by atoms with E-state index in [0.717, 1.165) is 42.7 Å². The molecule has 0 aliphatic rings. The number of rotatable bonds is 10. The zero-order chi connectivity index (χ0) is 13.2. The van der Waals surface area contributed by atoms with Gasteiger partial charge in [-0.2, -0.15) is 0 Å². The van der Waals surface area contributed by atoms with E-state index in [2.05, 4.69) is 35.8 Å². The number of furan rings is 1. The molecule has 0 radical (unpaired) electrons. The van der Waals surface area contributed by atoms with Gasteiger partial charge in [-0.1, -0.05) is 35.7 Å². The van der Waals surface area contributed by atoms with Crippen LogP contribution in [-0.2, 0) is 11.2 Å². The van der Waals surface area contributed by atoms with Crippen LogP contribution in [0.25, 0.3) is 0 Å². The Bertz CT molecular complexity index is 309. The number of ether oxygens (including phenoxy) is 1. The van der Waals surface area contributed by atoms with Crippen molar-refractivity contribution in [1.29, 1.82) is 0 Å². The smallest absolute Gasteiger partial charge is 0.132 e. The summed E-state index contributed by atoms with van der Waals surface area (Å²) in [7, 11) is 0. The molecule has 0 spiro atoms. The Morgan fingerprint density at radius 3 is 2.72 bits per heavy atom. The van der Waals surface area contributed by atoms with Gasteiger partial charge >= 0.3 is 0 Å². The highest BCUT2D eigenvalue weighted by atomic mass is 79.9. The number of aryl methyl sites for hydroxylation is 1. The Kier molecular flexibility index (Phi) is 8.44. The lowest BCUT2D eigenvalue weighted by molar-refractivity contribution is 0.0474. The molecule has 0 saturated heterocycles. The molecule has 1 aromatic rings. The van der Waals surface area contributed by atoms with E-state index in [9.17, 15) is 0 Å². The van der Waals surface area contributed by atoms with E-state index in [0.29, 0.717) is 0 Å². The topological polar surface area (TPSA) is 22.4 Å². The van der Waals surface area contributed by atoms with Gasteiger partial charge in [0.25, 0.3) is 0 Å². The van der Waals surface area contributed by atoms with Gasteiger partial charge in [0.2, 0.25) is 0 Å². The number of alkyl halides is 1. The molecule has 0 N–H and O–H groups in total. The van der Waals surface area contributed by atoms with Gasteiger partial charge < -0.3 is 9.15 Å². The Balaban J connectivity index is 2.17. The zero-order valence-electron chi connectivity index (χ0n) is 11.6. The molecule has 1 atom stereocenters. The first-order valence-electron chi connectivity index (χ1n) is 7.04. The molecule has 0 aromatic carbocycles. The van der Waals surface area contributed by atoms with Crippen LogP contribution in [0.3, 0.4) is 0 Å². The van der Waals surface area contributed by atoms with Crippen LogP contribution in [-0.4, -0.2) is 11.9 Å². The van der Waals surface area contributed by atoms with Gasteiger partial charge in [-0.3, -0.25) is 0 Å². The fourth-order valence-corrected chi connectivity index (χ4v) is 2.28. The maximum absolute atomic E-state index is 5.79. The van der Waals surface area contributed by atoms with Crippen molar-refractivity contribution in [2.75, 3.05) is 11.9 Å². The fourth-order valence-electron chi connectivity index (χ4n) is 1.89. The van der Waals surface area contributed by atoms with Crippen molar-refractivity contribution < 1.29 is 9.15 Å². The normalized spacial score (nSPS) is 12.8. The third-order valence-electron chi connectivity index (χ3n) is 2.98. The van der Waals surface area contributed by atoms with E-state index in [4.69, 9.17) is 9.15 Å². The number of hydrogen-bond acceptors (Lipinski definition) is 2. The van der Waals surface area contributed by atoms with Crippen LogP contribution in [0.5, 0.6) is 0 Å². The average Bonchev–Trinajstić information content (AvgIpc) is 2.82. The first-order chi connectivity index (χ1) is 8.77. The molecule has 1 heterocycles. The summed E-state index contributed by atoms with van der Waals surface area (Å²) in [4.78, 5) is 0. The van der Waals surface area contributed by atoms with Gasteiger partial charge in [0.05, 0.1) is 0 Å². The summed E-state index contributed by atoms with van der Waals surface area (Å²) in [6, 6.07) is 4.11. The van der Waals surface area contributed by atoms with E-state index >= 15 is 0 Å². The molecule has 1 rings (SSSR count). The molecule has 0 bridgehead atoms. The van der Waals surface area contributed by atoms with E-state index in [1.165, 1.54) is 19.3 Å². The minimum atomic E-state index is 0.0757. The van der Waals surface area contributed by atoms with Gasteiger partial charge in [-0.15, -0.1) is 0 Å². The lowest BCUT2D eigenvalue weighted by atomic mass is 10.2. The predicted molar refractivity (Wildman–Crippen MR) is 79.3 cm³/mol. The van der Waals surface area contributed by atoms with Gasteiger partial charge in [0.15, 0.2) is 0 Å². The quantitative estimate of drug-likeness (QED) is 0.433. The molecule has 0 aliphatic carbocycles. The van der Waals surface area contributed by atoms with Crippen LogP contribution in [0.2, 0.25) is 0 Å². The van der Waals surface area contributed by atoms with Gasteiger partial charge in [-0.25, -0.2) is 0 Å². The van der Waals surface area contributed by atoms with Gasteiger partial charge in [0.1, 0.15) is 17.6 Å². The van der Waals surface area contributed by atoms with Gasteiger partial charge in [-0.05, 0) is 38.3 Å². The summed E-state index contributed by atoms with van der Waals surface area (Å²) in [6.45, 7) is 5.05. The lowest BCUT2D eigenvalue weighted by Crippen LogP contribution is -2.00. The van der Waals surface area contributed by atoms with E-state index < -0.39 is 0 Å². The van der Waals surface area contributed by atoms with Crippen LogP contribution in [0.15, 0.2) is 16.5 Å². The van der Waals surface area contributed by atoms with Crippen LogP contribution in [0.1, 0.15) is 63.6 Å². The molecule has 0 saturated carbocycles. The highest BCUT2D eigenvalue weighted by Crippen LogP contribution is 2.20. The van der Waals surface area contributed by atoms with Crippen LogP contribution in [0.4, 0.5) is 0 Å². The largest absolute Gasteiger partial charge is 0.463 e. The summed E-state index contributed by atoms with van der Waals surface area (Å²) in [5, 5.41) is 1.11. The van der Waals surface area contributed by atoms with Crippen LogP contribution in [0, 0.1) is 0 Å². The number of halogens is 1. The molecule has 2 nitrogen and oxygen atoms in total. The molecular formula is C15H25BrO2. The van der Waals surface area contributed by atoms with Crippen molar-refractivity contribution in [2.24, 2.45) is 0 Å². The molecular weight excluding hydrogens is 292 g/mol. The predicted octanol–water partition coefficient (Wildman–Crippen LogP) is 5.27. The van der Waals surface area contributed by atoms with Crippen molar-refractivity contribution in [3.63, 3.8) is 0 Å². The second-order valence-electron chi connectivity index (χ2n) is 4.67. The molecule has 0 amide bonds. The second-order valence-corrected chi connectivity index (χ2v) is 5.46. The molecule has 18 heavy (non-hydrogen) atoms. The van der Waals surface area contributed by atoms with E-state index in [1.807, 2.05) is 6.07 Å². The van der Waals surface area contributed by atoms with Crippen molar-refractivity contribution >= 4 is 15.9 Å². The van der Waals surface area contributed by atoms with Crippen molar-refractivity contribution in [3.05, 3.63) is 23.7 Å². The Labute approximate surface area is 119 Å². The second kappa shape index (κ2) is 9.62. The Morgan fingerprint density at radius 1 is 1.22 bits per heavy atom. The average molecular weight is 317 g/mol. The third-order valence-corrected chi connectivity index (χ3v) is 3.54. The van der Waals surface area contributed by atoms with Crippen molar-refractivity contribution in [1.82, 2.24) is 0 Å². The minimum absolute atomic E-state index is 0.0757. The zero-order valence-corrected chi connectivity index (χ0v) is 13.2. The lowest BCUT2D eigenvalue weighted by Gasteiger charge is -2.10. The summed E-state index contributed by atoms with van der Waals surface area (Å²) < 4.78 is 11.5. The summed E-state index contributed by atoms with van der Waals surface area (Å²) >= 11 is 3.44. The molecule has 0 aliphatic heterocycles. The molecule has 1 aromatic heterocycles. The maximum Gasteiger partial charge on any atom is 0.132 e. The molecule has 104 valence electrons. The highest BCUT2D eigenvalue weighted by Gasteiger charge is 2.10. The molecule has 3 heteroatoms. The number of unbranched alkanes of at least 4 members (excludes halogenated alkanes) is 3. The first kappa shape index (κ1) is 15.8. The molecule has 0 fully saturated rings. The monoisotopic (exact) mass is 316 g/mol. The maximum atomic E-state index is 5.79. The van der Waals surface area contributed by atoms with Crippen molar-refractivity contribution in [3.8, 4) is 0 Å². The fraction of sp³-hybridized carbons (Fsp3) is 0.733. The summed E-state index contributed by atoms with van der Waals surface area (Å²) in [5.41, 5.74) is 0. The van der Waals surface area contributed by atoms with Crippen LogP contribution < -0.4 is 0 Å². The standard InChI is InChI=1S/C15H25BrO2/c1-3-8-14-9-10-15(18-14)13(2)17-12-7-5-4-6-11-16/h9-10,13H,3-8,11-12H2,1-2H3. The van der Waals surface area contributed by atoms with Crippen LogP contribution >= 0.6 is 15.9 Å². The summed E-state index contributed by atoms with van der Waals surface area (Å²) in [6.07, 6.45) is 7.14. The van der Waals surface area contributed by atoms with E-state index in [1.54, 1.807) is 0 Å². The summed E-state index contributed by atoms with van der Waals surface area (Å²) in [5.74, 6) is 2.03.